The van der Waals surface area contributed by atoms with Gasteiger partial charge in [0, 0.05) is 24.7 Å². The van der Waals surface area contributed by atoms with E-state index in [1.807, 2.05) is 0 Å². The lowest BCUT2D eigenvalue weighted by Gasteiger charge is -2.30. The van der Waals surface area contributed by atoms with Crippen LogP contribution in [0.25, 0.3) is 0 Å². The van der Waals surface area contributed by atoms with Crippen LogP contribution < -0.4 is 0 Å². The molecule has 0 N–H and O–H groups in total. The van der Waals surface area contributed by atoms with Crippen LogP contribution in [0.3, 0.4) is 0 Å². The van der Waals surface area contributed by atoms with E-state index >= 15 is 0 Å². The number of rotatable bonds is 2. The molecule has 4 nitrogen and oxygen atoms in total. The van der Waals surface area contributed by atoms with Crippen LogP contribution in [0.4, 0.5) is 0 Å². The van der Waals surface area contributed by atoms with Gasteiger partial charge in [0.05, 0.1) is 15.7 Å². The Hall–Kier alpha value is -0.810. The summed E-state index contributed by atoms with van der Waals surface area (Å²) in [7, 11) is 0. The molecule has 2 aliphatic rings. The molecule has 3 rings (SSSR count). The van der Waals surface area contributed by atoms with Crippen LogP contribution in [0.15, 0.2) is 28.1 Å². The minimum atomic E-state index is -0.0960. The van der Waals surface area contributed by atoms with Gasteiger partial charge < -0.3 is 4.90 Å². The Morgan fingerprint density at radius 3 is 2.88 bits per heavy atom. The van der Waals surface area contributed by atoms with Gasteiger partial charge in [-0.1, -0.05) is 11.6 Å². The first kappa shape index (κ1) is 10.4. The maximum atomic E-state index is 5.87. The molecule has 16 heavy (non-hydrogen) atoms. The van der Waals surface area contributed by atoms with Gasteiger partial charge in [0.15, 0.2) is 0 Å². The van der Waals surface area contributed by atoms with Gasteiger partial charge in [0.2, 0.25) is 6.29 Å². The number of aliphatic imine (C=N–C) groups is 1. The standard InChI is InChI=1S/C10H10BrClN4/c11-7-3-13-10(15(5-7)9-1-2-9)16-6-8(12)4-14-16/h3-6,9-10H,1-2H2. The number of hydrogen-bond donors (Lipinski definition) is 0. The van der Waals surface area contributed by atoms with E-state index in [0.29, 0.717) is 11.1 Å². The second kappa shape index (κ2) is 3.89. The van der Waals surface area contributed by atoms with Gasteiger partial charge in [-0.3, -0.25) is 0 Å². The minimum absolute atomic E-state index is 0.0960. The van der Waals surface area contributed by atoms with Crippen molar-refractivity contribution in [3.8, 4) is 0 Å². The molecule has 1 aromatic heterocycles. The molecule has 1 atom stereocenters. The topological polar surface area (TPSA) is 33.4 Å². The van der Waals surface area contributed by atoms with Gasteiger partial charge in [0.1, 0.15) is 0 Å². The molecule has 1 aromatic rings. The van der Waals surface area contributed by atoms with E-state index in [1.165, 1.54) is 12.8 Å². The third kappa shape index (κ3) is 1.89. The van der Waals surface area contributed by atoms with Crippen molar-refractivity contribution in [3.63, 3.8) is 0 Å². The molecule has 2 heterocycles. The number of halogens is 2. The SMILES string of the molecule is Clc1cnn(C2N=CC(Br)=CN2C2CC2)c1. The summed E-state index contributed by atoms with van der Waals surface area (Å²) in [5.74, 6) is 0. The normalized spacial score (nSPS) is 24.8. The monoisotopic (exact) mass is 300 g/mol. The number of allylic oxidation sites excluding steroid dienone is 1. The Morgan fingerprint density at radius 1 is 1.44 bits per heavy atom. The largest absolute Gasteiger partial charge is 0.334 e. The molecule has 1 aliphatic carbocycles. The summed E-state index contributed by atoms with van der Waals surface area (Å²) in [6, 6.07) is 0.581. The van der Waals surface area contributed by atoms with Crippen LogP contribution in [0.2, 0.25) is 5.02 Å². The second-order valence-electron chi connectivity index (χ2n) is 3.96. The molecule has 1 unspecified atom stereocenters. The van der Waals surface area contributed by atoms with Crippen molar-refractivity contribution in [3.05, 3.63) is 28.1 Å². The van der Waals surface area contributed by atoms with Gasteiger partial charge >= 0.3 is 0 Å². The van der Waals surface area contributed by atoms with E-state index in [9.17, 15) is 0 Å². The van der Waals surface area contributed by atoms with E-state index < -0.39 is 0 Å². The van der Waals surface area contributed by atoms with Gasteiger partial charge in [-0.25, -0.2) is 9.67 Å². The minimum Gasteiger partial charge on any atom is -0.334 e. The summed E-state index contributed by atoms with van der Waals surface area (Å²) < 4.78 is 2.78. The van der Waals surface area contributed by atoms with Gasteiger partial charge in [-0.15, -0.1) is 0 Å². The van der Waals surface area contributed by atoms with E-state index in [4.69, 9.17) is 11.6 Å². The molecule has 84 valence electrons. The molecule has 0 amide bonds. The van der Waals surface area contributed by atoms with E-state index in [0.717, 1.165) is 4.48 Å². The summed E-state index contributed by atoms with van der Waals surface area (Å²) in [5.41, 5.74) is 0. The van der Waals surface area contributed by atoms with Crippen LogP contribution in [0, 0.1) is 0 Å². The van der Waals surface area contributed by atoms with Crippen LogP contribution in [0.5, 0.6) is 0 Å². The average Bonchev–Trinajstić information content (AvgIpc) is 3.02. The lowest BCUT2D eigenvalue weighted by Crippen LogP contribution is -2.31. The molecular weight excluding hydrogens is 291 g/mol. The Labute approximate surface area is 107 Å². The Balaban J connectivity index is 1.91. The third-order valence-electron chi connectivity index (χ3n) is 2.65. The molecule has 0 saturated heterocycles. The number of hydrogen-bond acceptors (Lipinski definition) is 3. The highest BCUT2D eigenvalue weighted by molar-refractivity contribution is 9.12. The smallest absolute Gasteiger partial charge is 0.217 e. The van der Waals surface area contributed by atoms with Crippen molar-refractivity contribution in [2.75, 3.05) is 0 Å². The lowest BCUT2D eigenvalue weighted by atomic mass is 10.4. The fourth-order valence-corrected chi connectivity index (χ4v) is 2.27. The van der Waals surface area contributed by atoms with Crippen LogP contribution in [-0.4, -0.2) is 26.9 Å². The highest BCUT2D eigenvalue weighted by Gasteiger charge is 2.34. The highest BCUT2D eigenvalue weighted by atomic mass is 79.9. The molecule has 0 spiro atoms. The number of nitrogens with zero attached hydrogens (tertiary/aromatic N) is 4. The van der Waals surface area contributed by atoms with E-state index in [-0.39, 0.29) is 6.29 Å². The second-order valence-corrected chi connectivity index (χ2v) is 5.31. The summed E-state index contributed by atoms with van der Waals surface area (Å²) in [6.45, 7) is 0. The fourth-order valence-electron chi connectivity index (χ4n) is 1.77. The molecule has 6 heteroatoms. The first-order valence-electron chi connectivity index (χ1n) is 5.11. The molecule has 1 saturated carbocycles. The van der Waals surface area contributed by atoms with Crippen molar-refractivity contribution in [1.29, 1.82) is 0 Å². The molecular formula is C10H10BrClN4. The quantitative estimate of drug-likeness (QED) is 0.841. The van der Waals surface area contributed by atoms with Crippen LogP contribution in [0.1, 0.15) is 19.1 Å². The maximum Gasteiger partial charge on any atom is 0.217 e. The zero-order valence-corrected chi connectivity index (χ0v) is 10.8. The third-order valence-corrected chi connectivity index (χ3v) is 3.25. The summed E-state index contributed by atoms with van der Waals surface area (Å²) in [4.78, 5) is 6.68. The van der Waals surface area contributed by atoms with Crippen molar-refractivity contribution in [1.82, 2.24) is 14.7 Å². The molecule has 0 bridgehead atoms. The lowest BCUT2D eigenvalue weighted by molar-refractivity contribution is 0.187. The van der Waals surface area contributed by atoms with Crippen LogP contribution in [-0.2, 0) is 0 Å². The maximum absolute atomic E-state index is 5.87. The van der Waals surface area contributed by atoms with Crippen molar-refractivity contribution < 1.29 is 0 Å². The van der Waals surface area contributed by atoms with Gasteiger partial charge in [-0.2, -0.15) is 5.10 Å². The predicted molar refractivity (Wildman–Crippen MR) is 66.6 cm³/mol. The van der Waals surface area contributed by atoms with Crippen molar-refractivity contribution in [2.24, 2.45) is 4.99 Å². The first-order valence-corrected chi connectivity index (χ1v) is 6.29. The Morgan fingerprint density at radius 2 is 2.25 bits per heavy atom. The average molecular weight is 302 g/mol. The molecule has 1 fully saturated rings. The molecule has 0 radical (unpaired) electrons. The summed E-state index contributed by atoms with van der Waals surface area (Å²) in [5, 5.41) is 4.85. The molecule has 1 aliphatic heterocycles. The van der Waals surface area contributed by atoms with Gasteiger partial charge in [0.25, 0.3) is 0 Å². The van der Waals surface area contributed by atoms with E-state index in [2.05, 4.69) is 37.1 Å². The Kier molecular flexibility index (Phi) is 2.52. The zero-order valence-electron chi connectivity index (χ0n) is 8.42. The highest BCUT2D eigenvalue weighted by Crippen LogP contribution is 2.35. The van der Waals surface area contributed by atoms with Crippen molar-refractivity contribution in [2.45, 2.75) is 25.2 Å². The number of aromatic nitrogens is 2. The predicted octanol–water partition coefficient (Wildman–Crippen LogP) is 2.78. The fraction of sp³-hybridized carbons (Fsp3) is 0.400. The molecule has 0 aromatic carbocycles. The van der Waals surface area contributed by atoms with Crippen molar-refractivity contribution >= 4 is 33.7 Å². The van der Waals surface area contributed by atoms with E-state index in [1.54, 1.807) is 23.3 Å². The summed E-state index contributed by atoms with van der Waals surface area (Å²) >= 11 is 9.32. The van der Waals surface area contributed by atoms with Gasteiger partial charge in [-0.05, 0) is 28.8 Å². The Bertz CT molecular complexity index is 463. The van der Waals surface area contributed by atoms with Crippen LogP contribution >= 0.6 is 27.5 Å². The zero-order chi connectivity index (χ0) is 11.1. The first-order chi connectivity index (χ1) is 7.74. The summed E-state index contributed by atoms with van der Waals surface area (Å²) in [6.07, 6.45) is 9.66.